The third-order valence-electron chi connectivity index (χ3n) is 5.53. The van der Waals surface area contributed by atoms with Crippen molar-refractivity contribution in [1.29, 1.82) is 0 Å². The number of oxazole rings is 1. The zero-order chi connectivity index (χ0) is 24.8. The van der Waals surface area contributed by atoms with Gasteiger partial charge in [-0.15, -0.1) is 0 Å². The first-order chi connectivity index (χ1) is 16.9. The molecule has 0 fully saturated rings. The maximum Gasteiger partial charge on any atom is 0.251 e. The van der Waals surface area contributed by atoms with Crippen molar-refractivity contribution in [3.8, 4) is 17.2 Å². The maximum atomic E-state index is 12.7. The first-order valence-electron chi connectivity index (χ1n) is 11.4. The minimum Gasteiger partial charge on any atom is -0.494 e. The third kappa shape index (κ3) is 6.25. The van der Waals surface area contributed by atoms with Gasteiger partial charge in [-0.1, -0.05) is 29.8 Å². The van der Waals surface area contributed by atoms with Gasteiger partial charge < -0.3 is 14.5 Å². The van der Waals surface area contributed by atoms with Gasteiger partial charge >= 0.3 is 0 Å². The Morgan fingerprint density at radius 2 is 1.66 bits per heavy atom. The van der Waals surface area contributed by atoms with Gasteiger partial charge in [0.2, 0.25) is 5.89 Å². The molecule has 0 aliphatic carbocycles. The van der Waals surface area contributed by atoms with Gasteiger partial charge in [-0.25, -0.2) is 4.98 Å². The highest BCUT2D eigenvalue weighted by Gasteiger charge is 2.16. The molecule has 0 saturated carbocycles. The molecular weight excluding hydrogens is 460 g/mol. The van der Waals surface area contributed by atoms with Crippen LogP contribution in [0.1, 0.15) is 39.9 Å². The van der Waals surface area contributed by atoms with Gasteiger partial charge in [0.15, 0.2) is 0 Å². The highest BCUT2D eigenvalue weighted by Crippen LogP contribution is 2.24. The second kappa shape index (κ2) is 11.1. The molecule has 7 heteroatoms. The molecule has 3 aromatic carbocycles. The van der Waals surface area contributed by atoms with E-state index in [4.69, 9.17) is 9.15 Å². The van der Waals surface area contributed by atoms with Gasteiger partial charge in [0, 0.05) is 22.6 Å². The summed E-state index contributed by atoms with van der Waals surface area (Å²) in [4.78, 5) is 17.9. The molecule has 0 bridgehead atoms. The lowest BCUT2D eigenvalue weighted by Gasteiger charge is -2.07. The SMILES string of the molecule is CCOc1ccc(CNC(=O)c2ccc(-c3nc(C[S@](=O)c4ccc(C)cc4)c(C)o3)cc2)cc1. The molecule has 1 amide bonds. The minimum atomic E-state index is -1.21. The molecule has 1 atom stereocenters. The topological polar surface area (TPSA) is 81.4 Å². The van der Waals surface area contributed by atoms with Crippen LogP contribution in [0.4, 0.5) is 0 Å². The van der Waals surface area contributed by atoms with Crippen LogP contribution in [-0.2, 0) is 23.1 Å². The quantitative estimate of drug-likeness (QED) is 0.332. The molecule has 0 aliphatic rings. The lowest BCUT2D eigenvalue weighted by Crippen LogP contribution is -2.22. The highest BCUT2D eigenvalue weighted by atomic mass is 32.2. The van der Waals surface area contributed by atoms with Crippen LogP contribution in [-0.4, -0.2) is 21.7 Å². The highest BCUT2D eigenvalue weighted by molar-refractivity contribution is 7.84. The van der Waals surface area contributed by atoms with Crippen molar-refractivity contribution in [3.63, 3.8) is 0 Å². The number of hydrogen-bond donors (Lipinski definition) is 1. The van der Waals surface area contributed by atoms with Gasteiger partial charge in [0.1, 0.15) is 11.5 Å². The average Bonchev–Trinajstić information content (AvgIpc) is 3.24. The van der Waals surface area contributed by atoms with E-state index in [0.29, 0.717) is 36.1 Å². The zero-order valence-corrected chi connectivity index (χ0v) is 20.9. The summed E-state index contributed by atoms with van der Waals surface area (Å²) in [5.74, 6) is 2.01. The molecule has 1 N–H and O–H groups in total. The van der Waals surface area contributed by atoms with Gasteiger partial charge in [-0.3, -0.25) is 9.00 Å². The largest absolute Gasteiger partial charge is 0.494 e. The van der Waals surface area contributed by atoms with E-state index in [2.05, 4.69) is 10.3 Å². The summed E-state index contributed by atoms with van der Waals surface area (Å²) in [6.07, 6.45) is 0. The average molecular weight is 489 g/mol. The summed E-state index contributed by atoms with van der Waals surface area (Å²) < 4.78 is 24.0. The van der Waals surface area contributed by atoms with Crippen molar-refractivity contribution < 1.29 is 18.2 Å². The normalized spacial score (nSPS) is 11.7. The monoisotopic (exact) mass is 488 g/mol. The van der Waals surface area contributed by atoms with Gasteiger partial charge in [-0.2, -0.15) is 0 Å². The van der Waals surface area contributed by atoms with Gasteiger partial charge in [0.25, 0.3) is 5.91 Å². The molecule has 0 radical (unpaired) electrons. The number of ether oxygens (including phenoxy) is 1. The molecule has 0 saturated heterocycles. The first kappa shape index (κ1) is 24.4. The van der Waals surface area contributed by atoms with Crippen molar-refractivity contribution in [2.45, 2.75) is 38.0 Å². The van der Waals surface area contributed by atoms with Crippen molar-refractivity contribution in [2.75, 3.05) is 6.61 Å². The van der Waals surface area contributed by atoms with Crippen LogP contribution in [0.5, 0.6) is 5.75 Å². The van der Waals surface area contributed by atoms with E-state index in [1.807, 2.05) is 69.3 Å². The fourth-order valence-corrected chi connectivity index (χ4v) is 4.62. The number of carbonyl (C=O) groups excluding carboxylic acids is 1. The van der Waals surface area contributed by atoms with Gasteiger partial charge in [-0.05, 0) is 74.9 Å². The minimum absolute atomic E-state index is 0.164. The van der Waals surface area contributed by atoms with Crippen LogP contribution in [0.15, 0.2) is 82.1 Å². The van der Waals surface area contributed by atoms with Crippen LogP contribution in [0.3, 0.4) is 0 Å². The number of amides is 1. The lowest BCUT2D eigenvalue weighted by atomic mass is 10.1. The number of rotatable bonds is 9. The Bertz CT molecular complexity index is 1310. The van der Waals surface area contributed by atoms with E-state index in [0.717, 1.165) is 27.3 Å². The lowest BCUT2D eigenvalue weighted by molar-refractivity contribution is 0.0951. The molecule has 0 unspecified atom stereocenters. The number of hydrogen-bond acceptors (Lipinski definition) is 5. The number of aromatic nitrogens is 1. The molecule has 180 valence electrons. The maximum absolute atomic E-state index is 12.7. The number of benzene rings is 3. The third-order valence-corrected chi connectivity index (χ3v) is 6.86. The number of aryl methyl sites for hydroxylation is 2. The fraction of sp³-hybridized carbons (Fsp3) is 0.214. The number of nitrogens with one attached hydrogen (secondary N) is 1. The molecule has 0 aliphatic heterocycles. The molecule has 1 aromatic heterocycles. The fourth-order valence-electron chi connectivity index (χ4n) is 3.50. The summed E-state index contributed by atoms with van der Waals surface area (Å²) in [5.41, 5.74) is 4.08. The smallest absolute Gasteiger partial charge is 0.251 e. The molecule has 6 nitrogen and oxygen atoms in total. The second-order valence-corrected chi connectivity index (χ2v) is 9.61. The van der Waals surface area contributed by atoms with Crippen LogP contribution in [0.25, 0.3) is 11.5 Å². The Morgan fingerprint density at radius 1 is 0.971 bits per heavy atom. The van der Waals surface area contributed by atoms with Crippen LogP contribution in [0, 0.1) is 13.8 Å². The summed E-state index contributed by atoms with van der Waals surface area (Å²) in [6, 6.07) is 22.4. The Labute approximate surface area is 207 Å². The van der Waals surface area contributed by atoms with E-state index in [1.54, 1.807) is 24.3 Å². The molecular formula is C28H28N2O4S. The van der Waals surface area contributed by atoms with Crippen molar-refractivity contribution >= 4 is 16.7 Å². The second-order valence-electron chi connectivity index (χ2n) is 8.16. The van der Waals surface area contributed by atoms with Gasteiger partial charge in [0.05, 0.1) is 28.9 Å². The Morgan fingerprint density at radius 3 is 2.31 bits per heavy atom. The summed E-state index contributed by atoms with van der Waals surface area (Å²) in [5, 5.41) is 2.93. The van der Waals surface area contributed by atoms with Crippen molar-refractivity contribution in [2.24, 2.45) is 0 Å². The van der Waals surface area contributed by atoms with Crippen LogP contribution < -0.4 is 10.1 Å². The van der Waals surface area contributed by atoms with E-state index >= 15 is 0 Å². The zero-order valence-electron chi connectivity index (χ0n) is 20.0. The molecule has 1 heterocycles. The molecule has 0 spiro atoms. The Balaban J connectivity index is 1.38. The van der Waals surface area contributed by atoms with E-state index in [-0.39, 0.29) is 11.7 Å². The predicted octanol–water partition coefficient (Wildman–Crippen LogP) is 5.59. The number of carbonyl (C=O) groups is 1. The standard InChI is InChI=1S/C28H28N2O4S/c1-4-33-24-13-7-21(8-14-24)17-29-27(31)22-9-11-23(12-10-22)28-30-26(20(3)34-28)18-35(32)25-15-5-19(2)6-16-25/h5-16H,4,17-18H2,1-3H3,(H,29,31)/t35-/m0/s1. The molecule has 4 aromatic rings. The summed E-state index contributed by atoms with van der Waals surface area (Å²) in [7, 11) is -1.21. The molecule has 35 heavy (non-hydrogen) atoms. The van der Waals surface area contributed by atoms with Crippen LogP contribution >= 0.6 is 0 Å². The first-order valence-corrected chi connectivity index (χ1v) is 12.8. The summed E-state index contributed by atoms with van der Waals surface area (Å²) in [6.45, 7) is 6.80. The Hall–Kier alpha value is -3.71. The summed E-state index contributed by atoms with van der Waals surface area (Å²) >= 11 is 0. The number of nitrogens with zero attached hydrogens (tertiary/aromatic N) is 1. The Kier molecular flexibility index (Phi) is 7.77. The van der Waals surface area contributed by atoms with E-state index in [1.165, 1.54) is 0 Å². The van der Waals surface area contributed by atoms with E-state index in [9.17, 15) is 9.00 Å². The van der Waals surface area contributed by atoms with Crippen molar-refractivity contribution in [1.82, 2.24) is 10.3 Å². The van der Waals surface area contributed by atoms with Crippen LogP contribution in [0.2, 0.25) is 0 Å². The predicted molar refractivity (Wildman–Crippen MR) is 137 cm³/mol. The van der Waals surface area contributed by atoms with Crippen molar-refractivity contribution in [3.05, 3.63) is 101 Å². The molecule has 4 rings (SSSR count). The van der Waals surface area contributed by atoms with E-state index < -0.39 is 10.8 Å².